The lowest BCUT2D eigenvalue weighted by Crippen LogP contribution is -2.67. The van der Waals surface area contributed by atoms with Gasteiger partial charge in [-0.2, -0.15) is 0 Å². The Kier molecular flexibility index (Phi) is 18.6. The van der Waals surface area contributed by atoms with Crippen molar-refractivity contribution < 1.29 is 102 Å². The highest BCUT2D eigenvalue weighted by Gasteiger charge is 2.72. The second-order valence-electron chi connectivity index (χ2n) is 23.7. The molecule has 0 unspecified atom stereocenters. The van der Waals surface area contributed by atoms with Crippen LogP contribution in [0.4, 0.5) is 0 Å². The van der Waals surface area contributed by atoms with Crippen LogP contribution in [0.15, 0.2) is 42.0 Å². The average molecular weight is 1110 g/mol. The smallest absolute Gasteiger partial charge is 0.338 e. The number of esters is 2. The van der Waals surface area contributed by atoms with Crippen LogP contribution in [0.25, 0.3) is 0 Å². The Bertz CT molecular complexity index is 2220. The minimum Gasteiger partial charge on any atom is -0.463 e. The molecule has 21 nitrogen and oxygen atoms in total. The number of aliphatic hydroxyl groups is 6. The lowest BCUT2D eigenvalue weighted by atomic mass is 9.44. The number of benzene rings is 1. The standard InChI is InChI=1S/C57H86O21/c1-27(69-31(5)59)35-19-21-57(65)36-17-16-33-22-34(18-20-55(33,6)37(36)23-41(56(35,57)7)75-52(64)32-14-12-11-13-15-32)73-42-24-38(66-8)48(28(2)70-42)76-43-25-39(67-9)49(29(3)71-43)77-54-47(63)51(68-10)50(30(4)72-54)78-53-46(62)45(61)44(60)40(26-58)74-53/h11-16,27-30,34-51,53-54,58,60-63,65H,17-26H2,1-10H3/t27-,28+,29+,30+,34-,35+,36+,37-,38-,39-,40+,41+,42-,43-,44+,45-,46+,47+,48+,49+,50+,51-,53-,54-,55-,56-,57-/m0/s1. The van der Waals surface area contributed by atoms with Gasteiger partial charge in [0.05, 0.1) is 54.4 Å². The molecule has 4 aliphatic heterocycles. The summed E-state index contributed by atoms with van der Waals surface area (Å²) in [5, 5.41) is 65.6. The molecule has 9 rings (SSSR count). The van der Waals surface area contributed by atoms with Crippen molar-refractivity contribution in [3.8, 4) is 0 Å². The summed E-state index contributed by atoms with van der Waals surface area (Å²) in [5.74, 6) is -1.11. The van der Waals surface area contributed by atoms with Gasteiger partial charge < -0.3 is 92.2 Å². The third-order valence-electron chi connectivity index (χ3n) is 19.5. The maximum Gasteiger partial charge on any atom is 0.338 e. The normalized spacial score (nSPS) is 47.9. The summed E-state index contributed by atoms with van der Waals surface area (Å²) in [5.41, 5.74) is -0.617. The second-order valence-corrected chi connectivity index (χ2v) is 23.7. The molecule has 21 heteroatoms. The summed E-state index contributed by atoms with van der Waals surface area (Å²) in [7, 11) is 4.56. The number of fused-ring (bicyclic) bond motifs is 5. The quantitative estimate of drug-likeness (QED) is 0.102. The Morgan fingerprint density at radius 1 is 0.705 bits per heavy atom. The maximum atomic E-state index is 13.9. The predicted molar refractivity (Wildman–Crippen MR) is 273 cm³/mol. The first-order chi connectivity index (χ1) is 37.1. The third-order valence-corrected chi connectivity index (χ3v) is 19.5. The van der Waals surface area contributed by atoms with Crippen molar-refractivity contribution in [1.82, 2.24) is 0 Å². The zero-order valence-electron chi connectivity index (χ0n) is 46.7. The Labute approximate surface area is 457 Å². The lowest BCUT2D eigenvalue weighted by molar-refractivity contribution is -0.373. The molecule has 7 fully saturated rings. The van der Waals surface area contributed by atoms with Crippen LogP contribution in [-0.4, -0.2) is 205 Å². The van der Waals surface area contributed by atoms with E-state index in [1.165, 1.54) is 19.6 Å². The maximum absolute atomic E-state index is 13.9. The zero-order valence-corrected chi connectivity index (χ0v) is 46.7. The molecule has 0 bridgehead atoms. The van der Waals surface area contributed by atoms with Crippen LogP contribution in [0.3, 0.4) is 0 Å². The van der Waals surface area contributed by atoms with Gasteiger partial charge >= 0.3 is 11.9 Å². The molecule has 0 aromatic heterocycles. The molecule has 0 amide bonds. The van der Waals surface area contributed by atoms with Crippen LogP contribution < -0.4 is 0 Å². The molecule has 4 saturated heterocycles. The molecule has 4 aliphatic carbocycles. The van der Waals surface area contributed by atoms with Crippen molar-refractivity contribution in [3.05, 3.63) is 47.5 Å². The molecule has 440 valence electrons. The molecule has 27 atom stereocenters. The van der Waals surface area contributed by atoms with Crippen LogP contribution in [0.1, 0.15) is 117 Å². The lowest BCUT2D eigenvalue weighted by Gasteiger charge is -2.63. The van der Waals surface area contributed by atoms with E-state index in [1.807, 2.05) is 45.9 Å². The van der Waals surface area contributed by atoms with Crippen molar-refractivity contribution >= 4 is 11.9 Å². The first-order valence-corrected chi connectivity index (χ1v) is 28.1. The van der Waals surface area contributed by atoms with Gasteiger partial charge in [0.25, 0.3) is 0 Å². The molecule has 78 heavy (non-hydrogen) atoms. The monoisotopic (exact) mass is 1110 g/mol. The molecule has 1 aromatic rings. The highest BCUT2D eigenvalue weighted by Crippen LogP contribution is 2.69. The molecule has 0 radical (unpaired) electrons. The molecule has 6 N–H and O–H groups in total. The van der Waals surface area contributed by atoms with Crippen molar-refractivity contribution in [3.63, 3.8) is 0 Å². The van der Waals surface area contributed by atoms with Gasteiger partial charge in [0.15, 0.2) is 25.2 Å². The molecular weight excluding hydrogens is 1020 g/mol. The first-order valence-electron chi connectivity index (χ1n) is 28.1. The molecule has 0 spiro atoms. The number of rotatable bonds is 16. The number of carbonyl (C=O) groups is 2. The predicted octanol–water partition coefficient (Wildman–Crippen LogP) is 3.23. The fraction of sp³-hybridized carbons (Fsp3) is 0.825. The van der Waals surface area contributed by atoms with Crippen LogP contribution in [0.2, 0.25) is 0 Å². The number of hydrogen-bond donors (Lipinski definition) is 6. The van der Waals surface area contributed by atoms with E-state index < -0.39 is 146 Å². The first kappa shape index (κ1) is 59.8. The number of carbonyl (C=O) groups excluding carboxylic acids is 2. The van der Waals surface area contributed by atoms with Crippen LogP contribution >= 0.6 is 0 Å². The molecule has 1 aromatic carbocycles. The Balaban J connectivity index is 0.809. The van der Waals surface area contributed by atoms with Crippen LogP contribution in [0.5, 0.6) is 0 Å². The van der Waals surface area contributed by atoms with Crippen molar-refractivity contribution in [2.75, 3.05) is 27.9 Å². The number of allylic oxidation sites excluding steroid dienone is 1. The minimum absolute atomic E-state index is 0.0153. The summed E-state index contributed by atoms with van der Waals surface area (Å²) in [4.78, 5) is 26.1. The highest BCUT2D eigenvalue weighted by molar-refractivity contribution is 5.89. The Morgan fingerprint density at radius 2 is 1.32 bits per heavy atom. The van der Waals surface area contributed by atoms with Crippen molar-refractivity contribution in [2.24, 2.45) is 28.6 Å². The third kappa shape index (κ3) is 11.1. The summed E-state index contributed by atoms with van der Waals surface area (Å²) < 4.78 is 80.6. The van der Waals surface area contributed by atoms with E-state index >= 15 is 0 Å². The largest absolute Gasteiger partial charge is 0.463 e. The van der Waals surface area contributed by atoms with Gasteiger partial charge in [0, 0.05) is 52.4 Å². The summed E-state index contributed by atoms with van der Waals surface area (Å²) in [6.07, 6.45) is -11.5. The Hall–Kier alpha value is -2.78. The summed E-state index contributed by atoms with van der Waals surface area (Å²) in [6, 6.07) is 8.95. The van der Waals surface area contributed by atoms with E-state index in [4.69, 9.17) is 61.6 Å². The van der Waals surface area contributed by atoms with Gasteiger partial charge in [-0.1, -0.05) is 43.7 Å². The fourth-order valence-corrected chi connectivity index (χ4v) is 15.2. The number of aliphatic hydroxyl groups excluding tert-OH is 5. The second kappa shape index (κ2) is 24.2. The SMILES string of the molecule is CO[C@H]1[C@@H](O)[C@H](O[C@H]2[C@@H](OC)C[C@H](O[C@H]3[C@@H](OC)C[C@H](O[C@H]4CC[C@@]5(C)C(=CC[C@@H]6[C@@H]5C[C@@H](OC(=O)c5ccccc5)[C@]5(C)[C@@H]([C@H](C)OC(C)=O)CC[C@]65O)C4)O[C@@H]3C)O[C@@H]2C)O[C@H](C)[C@H]1O[C@@H]1O[C@H](CO)[C@@H](O)[C@H](O)[C@H]1O. The van der Waals surface area contributed by atoms with E-state index in [0.29, 0.717) is 44.1 Å². The van der Waals surface area contributed by atoms with Gasteiger partial charge in [-0.3, -0.25) is 4.79 Å². The average Bonchev–Trinajstić information content (AvgIpc) is 3.95. The molecule has 4 heterocycles. The van der Waals surface area contributed by atoms with E-state index in [9.17, 15) is 40.2 Å². The van der Waals surface area contributed by atoms with E-state index in [1.54, 1.807) is 33.3 Å². The summed E-state index contributed by atoms with van der Waals surface area (Å²) >= 11 is 0. The van der Waals surface area contributed by atoms with Gasteiger partial charge in [-0.05, 0) is 102 Å². The number of hydrogen-bond acceptors (Lipinski definition) is 21. The van der Waals surface area contributed by atoms with E-state index in [0.717, 1.165) is 12.8 Å². The van der Waals surface area contributed by atoms with Crippen LogP contribution in [0, 0.1) is 28.6 Å². The molecular formula is C57H86O21. The topological polar surface area (TPSA) is 276 Å². The van der Waals surface area contributed by atoms with Crippen LogP contribution in [-0.2, 0) is 66.4 Å². The van der Waals surface area contributed by atoms with Gasteiger partial charge in [0.1, 0.15) is 67.1 Å². The minimum atomic E-state index is -1.67. The van der Waals surface area contributed by atoms with E-state index in [2.05, 4.69) is 13.0 Å². The fourth-order valence-electron chi connectivity index (χ4n) is 15.2. The van der Waals surface area contributed by atoms with Gasteiger partial charge in [-0.25, -0.2) is 4.79 Å². The highest BCUT2D eigenvalue weighted by atomic mass is 16.8. The van der Waals surface area contributed by atoms with Crippen molar-refractivity contribution in [1.29, 1.82) is 0 Å². The van der Waals surface area contributed by atoms with Gasteiger partial charge in [-0.15, -0.1) is 0 Å². The Morgan fingerprint density at radius 3 is 1.95 bits per heavy atom. The molecule has 3 saturated carbocycles. The molecule has 8 aliphatic rings. The summed E-state index contributed by atoms with van der Waals surface area (Å²) in [6.45, 7) is 12.4. The van der Waals surface area contributed by atoms with Crippen molar-refractivity contribution in [2.45, 2.75) is 241 Å². The number of methoxy groups -OCH3 is 3. The number of ether oxygens (including phenoxy) is 13. The van der Waals surface area contributed by atoms with E-state index in [-0.39, 0.29) is 41.7 Å². The zero-order chi connectivity index (χ0) is 56.2. The van der Waals surface area contributed by atoms with Gasteiger partial charge in [0.2, 0.25) is 0 Å².